The molecule has 0 atom stereocenters. The molecule has 1 saturated heterocycles. The van der Waals surface area contributed by atoms with Crippen LogP contribution in [-0.2, 0) is 0 Å². The molecule has 0 N–H and O–H groups in total. The van der Waals surface area contributed by atoms with Gasteiger partial charge in [0.1, 0.15) is 5.75 Å². The van der Waals surface area contributed by atoms with E-state index < -0.39 is 0 Å². The number of piperidine rings is 1. The number of ketones is 1. The highest BCUT2D eigenvalue weighted by atomic mass is 16.5. The number of ether oxygens (including phenoxy) is 1. The van der Waals surface area contributed by atoms with E-state index in [-0.39, 0.29) is 11.9 Å². The van der Waals surface area contributed by atoms with Crippen LogP contribution in [0.3, 0.4) is 0 Å². The first-order valence-corrected chi connectivity index (χ1v) is 7.59. The second-order valence-corrected chi connectivity index (χ2v) is 5.91. The minimum Gasteiger partial charge on any atom is -0.491 e. The summed E-state index contributed by atoms with van der Waals surface area (Å²) in [5.41, 5.74) is 1.83. The molecule has 3 nitrogen and oxygen atoms in total. The van der Waals surface area contributed by atoms with E-state index in [9.17, 15) is 4.79 Å². The fourth-order valence-corrected chi connectivity index (χ4v) is 2.62. The van der Waals surface area contributed by atoms with Crippen molar-refractivity contribution < 1.29 is 9.53 Å². The molecule has 110 valence electrons. The molecule has 0 bridgehead atoms. The molecule has 20 heavy (non-hydrogen) atoms. The van der Waals surface area contributed by atoms with Crippen LogP contribution in [0, 0.1) is 6.92 Å². The third kappa shape index (κ3) is 4.07. The fraction of sp³-hybridized carbons (Fsp3) is 0.588. The Labute approximate surface area is 121 Å². The van der Waals surface area contributed by atoms with Crippen molar-refractivity contribution in [3.8, 4) is 5.75 Å². The van der Waals surface area contributed by atoms with Crippen LogP contribution in [0.5, 0.6) is 5.75 Å². The largest absolute Gasteiger partial charge is 0.491 e. The van der Waals surface area contributed by atoms with E-state index in [2.05, 4.69) is 4.90 Å². The van der Waals surface area contributed by atoms with E-state index in [1.54, 1.807) is 0 Å². The van der Waals surface area contributed by atoms with E-state index >= 15 is 0 Å². The molecule has 0 saturated carbocycles. The predicted octanol–water partition coefficient (Wildman–Crippen LogP) is 3.45. The van der Waals surface area contributed by atoms with Crippen LogP contribution in [0.1, 0.15) is 49.0 Å². The summed E-state index contributed by atoms with van der Waals surface area (Å²) < 4.78 is 5.71. The average Bonchev–Trinajstić information content (AvgIpc) is 2.41. The molecule has 1 aliphatic heterocycles. The minimum absolute atomic E-state index is 0.156. The standard InChI is InChI=1S/C17H25NO2/c1-13(2)20-17-8-7-15(11-14(17)3)16(19)12-18-9-5-4-6-10-18/h7-8,11,13H,4-6,9-10,12H2,1-3H3. The van der Waals surface area contributed by atoms with Gasteiger partial charge in [-0.15, -0.1) is 0 Å². The minimum atomic E-state index is 0.156. The van der Waals surface area contributed by atoms with Gasteiger partial charge in [-0.25, -0.2) is 0 Å². The molecular formula is C17H25NO2. The Hall–Kier alpha value is -1.35. The van der Waals surface area contributed by atoms with E-state index in [1.807, 2.05) is 39.0 Å². The van der Waals surface area contributed by atoms with Crippen molar-refractivity contribution in [2.24, 2.45) is 0 Å². The Morgan fingerprint density at radius 1 is 1.25 bits per heavy atom. The van der Waals surface area contributed by atoms with Crippen LogP contribution in [-0.4, -0.2) is 36.4 Å². The monoisotopic (exact) mass is 275 g/mol. The van der Waals surface area contributed by atoms with Crippen LogP contribution in [0.2, 0.25) is 0 Å². The topological polar surface area (TPSA) is 29.5 Å². The summed E-state index contributed by atoms with van der Waals surface area (Å²) in [6, 6.07) is 5.75. The summed E-state index contributed by atoms with van der Waals surface area (Å²) >= 11 is 0. The molecule has 0 aromatic heterocycles. The molecule has 1 aliphatic rings. The average molecular weight is 275 g/mol. The smallest absolute Gasteiger partial charge is 0.176 e. The number of nitrogens with zero attached hydrogens (tertiary/aromatic N) is 1. The maximum absolute atomic E-state index is 12.3. The summed E-state index contributed by atoms with van der Waals surface area (Å²) in [6.45, 7) is 8.67. The van der Waals surface area contributed by atoms with Crippen molar-refractivity contribution in [1.29, 1.82) is 0 Å². The van der Waals surface area contributed by atoms with Crippen LogP contribution in [0.15, 0.2) is 18.2 Å². The Morgan fingerprint density at radius 2 is 1.95 bits per heavy atom. The van der Waals surface area contributed by atoms with Gasteiger partial charge in [0.25, 0.3) is 0 Å². The molecule has 0 radical (unpaired) electrons. The molecule has 2 rings (SSSR count). The third-order valence-corrected chi connectivity index (χ3v) is 3.68. The maximum Gasteiger partial charge on any atom is 0.176 e. The number of rotatable bonds is 5. The van der Waals surface area contributed by atoms with Crippen LogP contribution in [0.4, 0.5) is 0 Å². The normalized spacial score (nSPS) is 16.4. The zero-order chi connectivity index (χ0) is 14.5. The van der Waals surface area contributed by atoms with E-state index in [1.165, 1.54) is 19.3 Å². The zero-order valence-corrected chi connectivity index (χ0v) is 12.8. The molecule has 1 heterocycles. The number of aryl methyl sites for hydroxylation is 1. The highest BCUT2D eigenvalue weighted by molar-refractivity contribution is 5.98. The molecule has 0 aliphatic carbocycles. The molecule has 1 aromatic rings. The van der Waals surface area contributed by atoms with Gasteiger partial charge in [-0.2, -0.15) is 0 Å². The highest BCUT2D eigenvalue weighted by Crippen LogP contribution is 2.21. The molecule has 1 fully saturated rings. The number of likely N-dealkylation sites (tertiary alicyclic amines) is 1. The fourth-order valence-electron chi connectivity index (χ4n) is 2.62. The van der Waals surface area contributed by atoms with Crippen LogP contribution < -0.4 is 4.74 Å². The number of benzene rings is 1. The molecule has 3 heteroatoms. The van der Waals surface area contributed by atoms with Gasteiger partial charge in [-0.1, -0.05) is 6.42 Å². The lowest BCUT2D eigenvalue weighted by Crippen LogP contribution is -2.34. The lowest BCUT2D eigenvalue weighted by Gasteiger charge is -2.25. The first-order chi connectivity index (χ1) is 9.56. The van der Waals surface area contributed by atoms with Crippen molar-refractivity contribution >= 4 is 5.78 Å². The summed E-state index contributed by atoms with van der Waals surface area (Å²) in [6.07, 6.45) is 3.88. The first-order valence-electron chi connectivity index (χ1n) is 7.59. The van der Waals surface area contributed by atoms with Gasteiger partial charge in [0.2, 0.25) is 0 Å². The molecular weight excluding hydrogens is 250 g/mol. The Kier molecular flexibility index (Phi) is 5.18. The molecule has 1 aromatic carbocycles. The number of Topliss-reactive ketones (excluding diaryl/α,β-unsaturated/α-hetero) is 1. The molecule has 0 amide bonds. The van der Waals surface area contributed by atoms with Crippen molar-refractivity contribution in [2.75, 3.05) is 19.6 Å². The first kappa shape index (κ1) is 15.0. The quantitative estimate of drug-likeness (QED) is 0.771. The summed E-state index contributed by atoms with van der Waals surface area (Å²) in [4.78, 5) is 14.6. The molecule has 0 spiro atoms. The van der Waals surface area contributed by atoms with E-state index in [0.717, 1.165) is 30.0 Å². The van der Waals surface area contributed by atoms with Gasteiger partial charge < -0.3 is 4.74 Å². The number of hydrogen-bond acceptors (Lipinski definition) is 3. The van der Waals surface area contributed by atoms with Crippen LogP contribution in [0.25, 0.3) is 0 Å². The zero-order valence-electron chi connectivity index (χ0n) is 12.8. The SMILES string of the molecule is Cc1cc(C(=O)CN2CCCCC2)ccc1OC(C)C. The Bertz CT molecular complexity index is 462. The maximum atomic E-state index is 12.3. The number of carbonyl (C=O) groups is 1. The van der Waals surface area contributed by atoms with Crippen molar-refractivity contribution in [3.63, 3.8) is 0 Å². The van der Waals surface area contributed by atoms with Crippen LogP contribution >= 0.6 is 0 Å². The Balaban J connectivity index is 2.01. The van der Waals surface area contributed by atoms with Gasteiger partial charge in [0.15, 0.2) is 5.78 Å². The number of carbonyl (C=O) groups excluding carboxylic acids is 1. The van der Waals surface area contributed by atoms with Gasteiger partial charge >= 0.3 is 0 Å². The van der Waals surface area contributed by atoms with Gasteiger partial charge in [0.05, 0.1) is 12.6 Å². The molecule has 0 unspecified atom stereocenters. The third-order valence-electron chi connectivity index (χ3n) is 3.68. The highest BCUT2D eigenvalue weighted by Gasteiger charge is 2.16. The second kappa shape index (κ2) is 6.89. The summed E-state index contributed by atoms with van der Waals surface area (Å²) in [7, 11) is 0. The van der Waals surface area contributed by atoms with E-state index in [4.69, 9.17) is 4.74 Å². The van der Waals surface area contributed by atoms with Gasteiger partial charge in [-0.05, 0) is 70.5 Å². The van der Waals surface area contributed by atoms with E-state index in [0.29, 0.717) is 6.54 Å². The van der Waals surface area contributed by atoms with Gasteiger partial charge in [-0.3, -0.25) is 9.69 Å². The Morgan fingerprint density at radius 3 is 2.55 bits per heavy atom. The van der Waals surface area contributed by atoms with Crippen molar-refractivity contribution in [2.45, 2.75) is 46.1 Å². The number of hydrogen-bond donors (Lipinski definition) is 0. The predicted molar refractivity (Wildman–Crippen MR) is 81.6 cm³/mol. The van der Waals surface area contributed by atoms with Crippen molar-refractivity contribution in [3.05, 3.63) is 29.3 Å². The van der Waals surface area contributed by atoms with Crippen molar-refractivity contribution in [1.82, 2.24) is 4.90 Å². The second-order valence-electron chi connectivity index (χ2n) is 5.91. The summed E-state index contributed by atoms with van der Waals surface area (Å²) in [5.74, 6) is 1.08. The lowest BCUT2D eigenvalue weighted by atomic mass is 10.1. The lowest BCUT2D eigenvalue weighted by molar-refractivity contribution is 0.0915. The summed E-state index contributed by atoms with van der Waals surface area (Å²) in [5, 5.41) is 0. The van der Waals surface area contributed by atoms with Gasteiger partial charge in [0, 0.05) is 5.56 Å².